The number of benzene rings is 1. The number of hydrogen-bond acceptors (Lipinski definition) is 4. The van der Waals surface area contributed by atoms with Gasteiger partial charge in [0.15, 0.2) is 6.61 Å². The van der Waals surface area contributed by atoms with Crippen LogP contribution in [0.15, 0.2) is 42.5 Å². The van der Waals surface area contributed by atoms with Gasteiger partial charge >= 0.3 is 0 Å². The number of ether oxygens (including phenoxy) is 1. The summed E-state index contributed by atoms with van der Waals surface area (Å²) in [6.45, 7) is 0.600. The van der Waals surface area contributed by atoms with E-state index in [0.717, 1.165) is 19.3 Å². The molecule has 1 heterocycles. The number of nitrogens with zero attached hydrogens (tertiary/aromatic N) is 3. The van der Waals surface area contributed by atoms with Gasteiger partial charge in [0.2, 0.25) is 0 Å². The fourth-order valence-electron chi connectivity index (χ4n) is 2.83. The second-order valence-corrected chi connectivity index (χ2v) is 6.41. The Bertz CT molecular complexity index is 744. The molecule has 0 saturated heterocycles. The van der Waals surface area contributed by atoms with Crippen molar-refractivity contribution in [2.75, 3.05) is 13.2 Å². The lowest BCUT2D eigenvalue weighted by molar-refractivity contribution is -0.123. The van der Waals surface area contributed by atoms with Crippen LogP contribution >= 0.6 is 11.6 Å². The Morgan fingerprint density at radius 2 is 2.12 bits per heavy atom. The average molecular weight is 361 g/mol. The average Bonchev–Trinajstić information content (AvgIpc) is 3.16. The van der Waals surface area contributed by atoms with E-state index >= 15 is 0 Å². The largest absolute Gasteiger partial charge is 0.482 e. The van der Waals surface area contributed by atoms with Crippen LogP contribution in [0.25, 0.3) is 5.69 Å². The maximum absolute atomic E-state index is 12.0. The van der Waals surface area contributed by atoms with Crippen molar-refractivity contribution in [3.8, 4) is 11.4 Å². The summed E-state index contributed by atoms with van der Waals surface area (Å²) in [5.74, 6) is 0.412. The summed E-state index contributed by atoms with van der Waals surface area (Å²) >= 11 is 6.04. The van der Waals surface area contributed by atoms with Gasteiger partial charge in [0, 0.05) is 11.6 Å². The lowest BCUT2D eigenvalue weighted by atomic mass is 9.97. The first kappa shape index (κ1) is 17.5. The van der Waals surface area contributed by atoms with Gasteiger partial charge in [-0.1, -0.05) is 23.3 Å². The van der Waals surface area contributed by atoms with Crippen LogP contribution in [0, 0.1) is 0 Å². The second-order valence-electron chi connectivity index (χ2n) is 5.98. The number of aromatic nitrogens is 3. The Morgan fingerprint density at radius 3 is 2.88 bits per heavy atom. The third-order valence-corrected chi connectivity index (χ3v) is 4.37. The SMILES string of the molecule is O=C(COc1ccc(Cl)cc1-n1cnnc1)NCCC1=CCCCC1. The summed E-state index contributed by atoms with van der Waals surface area (Å²) < 4.78 is 7.35. The lowest BCUT2D eigenvalue weighted by Gasteiger charge is -2.14. The van der Waals surface area contributed by atoms with Gasteiger partial charge in [-0.05, 0) is 50.3 Å². The molecule has 0 atom stereocenters. The molecular weight excluding hydrogens is 340 g/mol. The molecule has 0 radical (unpaired) electrons. The molecule has 1 aliphatic rings. The fourth-order valence-corrected chi connectivity index (χ4v) is 2.99. The van der Waals surface area contributed by atoms with Crippen LogP contribution in [0.5, 0.6) is 5.75 Å². The van der Waals surface area contributed by atoms with E-state index in [9.17, 15) is 4.79 Å². The molecule has 1 aromatic heterocycles. The maximum atomic E-state index is 12.0. The molecule has 0 fully saturated rings. The van der Waals surface area contributed by atoms with Crippen LogP contribution < -0.4 is 10.1 Å². The molecule has 7 heteroatoms. The molecule has 1 aromatic carbocycles. The number of hydrogen-bond donors (Lipinski definition) is 1. The molecule has 0 aliphatic heterocycles. The van der Waals surface area contributed by atoms with Crippen LogP contribution in [-0.2, 0) is 4.79 Å². The van der Waals surface area contributed by atoms with Crippen molar-refractivity contribution in [1.82, 2.24) is 20.1 Å². The summed E-state index contributed by atoms with van der Waals surface area (Å²) in [6.07, 6.45) is 11.2. The number of carbonyl (C=O) groups excluding carboxylic acids is 1. The predicted molar refractivity (Wildman–Crippen MR) is 96.0 cm³/mol. The molecule has 1 N–H and O–H groups in total. The van der Waals surface area contributed by atoms with Gasteiger partial charge in [-0.2, -0.15) is 0 Å². The first-order chi connectivity index (χ1) is 12.2. The molecule has 0 saturated carbocycles. The van der Waals surface area contributed by atoms with Crippen LogP contribution in [0.2, 0.25) is 5.02 Å². The Hall–Kier alpha value is -2.34. The highest BCUT2D eigenvalue weighted by Crippen LogP contribution is 2.26. The monoisotopic (exact) mass is 360 g/mol. The fraction of sp³-hybridized carbons (Fsp3) is 0.389. The van der Waals surface area contributed by atoms with Crippen molar-refractivity contribution in [2.45, 2.75) is 32.1 Å². The van der Waals surface area contributed by atoms with Crippen molar-refractivity contribution in [3.63, 3.8) is 0 Å². The summed E-state index contributed by atoms with van der Waals surface area (Å²) in [7, 11) is 0. The normalized spacial score (nSPS) is 14.0. The van der Waals surface area contributed by atoms with Gasteiger partial charge in [0.25, 0.3) is 5.91 Å². The van der Waals surface area contributed by atoms with Crippen molar-refractivity contribution in [2.24, 2.45) is 0 Å². The second kappa shape index (κ2) is 8.67. The Balaban J connectivity index is 1.51. The van der Waals surface area contributed by atoms with E-state index in [2.05, 4.69) is 21.6 Å². The third kappa shape index (κ3) is 5.06. The summed E-state index contributed by atoms with van der Waals surface area (Å²) in [4.78, 5) is 12.0. The van der Waals surface area contributed by atoms with E-state index in [0.29, 0.717) is 23.0 Å². The number of allylic oxidation sites excluding steroid dienone is 1. The highest BCUT2D eigenvalue weighted by Gasteiger charge is 2.10. The van der Waals surface area contributed by atoms with Crippen molar-refractivity contribution in [1.29, 1.82) is 0 Å². The number of rotatable bonds is 7. The predicted octanol–water partition coefficient (Wildman–Crippen LogP) is 3.31. The highest BCUT2D eigenvalue weighted by molar-refractivity contribution is 6.30. The van der Waals surface area contributed by atoms with Gasteiger partial charge in [-0.15, -0.1) is 10.2 Å². The summed E-state index contributed by atoms with van der Waals surface area (Å²) in [6, 6.07) is 5.20. The molecule has 25 heavy (non-hydrogen) atoms. The number of amides is 1. The minimum atomic E-state index is -0.138. The van der Waals surface area contributed by atoms with Gasteiger partial charge in [0.1, 0.15) is 18.4 Å². The van der Waals surface area contributed by atoms with Crippen LogP contribution in [0.3, 0.4) is 0 Å². The van der Waals surface area contributed by atoms with Crippen molar-refractivity contribution < 1.29 is 9.53 Å². The minimum absolute atomic E-state index is 0.0458. The quantitative estimate of drug-likeness (QED) is 0.769. The summed E-state index contributed by atoms with van der Waals surface area (Å²) in [5.41, 5.74) is 2.14. The molecule has 2 aromatic rings. The Labute approximate surface area is 151 Å². The molecule has 1 aliphatic carbocycles. The first-order valence-electron chi connectivity index (χ1n) is 8.44. The van der Waals surface area contributed by atoms with E-state index in [1.54, 1.807) is 35.4 Å². The maximum Gasteiger partial charge on any atom is 0.257 e. The molecular formula is C18H21ClN4O2. The minimum Gasteiger partial charge on any atom is -0.482 e. The van der Waals surface area contributed by atoms with Gasteiger partial charge in [-0.25, -0.2) is 0 Å². The Kier molecular flexibility index (Phi) is 6.06. The number of nitrogens with one attached hydrogen (secondary N) is 1. The number of halogens is 1. The van der Waals surface area contributed by atoms with Gasteiger partial charge < -0.3 is 10.1 Å². The van der Waals surface area contributed by atoms with E-state index in [4.69, 9.17) is 16.3 Å². The molecule has 0 bridgehead atoms. The van der Waals surface area contributed by atoms with Gasteiger partial charge in [0.05, 0.1) is 5.69 Å². The van der Waals surface area contributed by atoms with E-state index in [1.807, 2.05) is 0 Å². The smallest absolute Gasteiger partial charge is 0.257 e. The Morgan fingerprint density at radius 1 is 1.28 bits per heavy atom. The zero-order valence-electron chi connectivity index (χ0n) is 13.9. The molecule has 0 unspecified atom stereocenters. The van der Waals surface area contributed by atoms with Crippen LogP contribution in [-0.4, -0.2) is 33.8 Å². The molecule has 3 rings (SSSR count). The highest BCUT2D eigenvalue weighted by atomic mass is 35.5. The standard InChI is InChI=1S/C18H21ClN4O2/c19-15-6-7-17(16(10-15)23-12-21-22-13-23)25-11-18(24)20-9-8-14-4-2-1-3-5-14/h4,6-7,10,12-13H,1-3,5,8-9,11H2,(H,20,24). The van der Waals surface area contributed by atoms with E-state index in [-0.39, 0.29) is 12.5 Å². The number of carbonyl (C=O) groups is 1. The van der Waals surface area contributed by atoms with Gasteiger partial charge in [-0.3, -0.25) is 9.36 Å². The van der Waals surface area contributed by atoms with Crippen LogP contribution in [0.1, 0.15) is 32.1 Å². The third-order valence-electron chi connectivity index (χ3n) is 4.13. The summed E-state index contributed by atoms with van der Waals surface area (Å²) in [5, 5.41) is 11.0. The van der Waals surface area contributed by atoms with E-state index < -0.39 is 0 Å². The molecule has 1 amide bonds. The lowest BCUT2D eigenvalue weighted by Crippen LogP contribution is -2.30. The van der Waals surface area contributed by atoms with Crippen molar-refractivity contribution >= 4 is 17.5 Å². The van der Waals surface area contributed by atoms with Crippen molar-refractivity contribution in [3.05, 3.63) is 47.5 Å². The zero-order valence-corrected chi connectivity index (χ0v) is 14.7. The molecule has 132 valence electrons. The zero-order chi connectivity index (χ0) is 17.5. The molecule has 0 spiro atoms. The first-order valence-corrected chi connectivity index (χ1v) is 8.82. The topological polar surface area (TPSA) is 69.0 Å². The molecule has 6 nitrogen and oxygen atoms in total. The van der Waals surface area contributed by atoms with E-state index in [1.165, 1.54) is 18.4 Å². The van der Waals surface area contributed by atoms with Crippen LogP contribution in [0.4, 0.5) is 0 Å².